The maximum Gasteiger partial charge on any atom is 0.306 e. The predicted molar refractivity (Wildman–Crippen MR) is 238 cm³/mol. The zero-order valence-electron chi connectivity index (χ0n) is 38.1. The van der Waals surface area contributed by atoms with Gasteiger partial charge in [0, 0.05) is 13.0 Å². The molecular formula is C48H86O14. The van der Waals surface area contributed by atoms with Crippen molar-refractivity contribution in [2.75, 3.05) is 33.0 Å². The summed E-state index contributed by atoms with van der Waals surface area (Å²) in [4.78, 5) is 12.9. The largest absolute Gasteiger partial charge is 0.457 e. The molecule has 2 heterocycles. The van der Waals surface area contributed by atoms with Crippen LogP contribution in [-0.4, -0.2) is 142 Å². The standard InChI is InChI=1S/C48H86O14/c1-3-5-7-9-11-13-15-17-18-20-22-24-26-28-30-32-57-34-37(60-40(50)31-29-27-25-23-21-19-16-14-12-10-8-6-4-2)35-58-47-46(56)44(54)42(52)39(62-47)36-59-48-45(55)43(53)41(51)38(33-49)61-48/h8,10,14-17,37-39,41-49,51-56H,3-7,9,11-13,18-36H2,1-2H3/b10-8-,16-14-,17-15-. The summed E-state index contributed by atoms with van der Waals surface area (Å²) in [5.41, 5.74) is 0. The van der Waals surface area contributed by atoms with Gasteiger partial charge in [-0.05, 0) is 64.2 Å². The Balaban J connectivity index is 1.81. The minimum atomic E-state index is -1.71. The third-order valence-corrected chi connectivity index (χ3v) is 11.4. The van der Waals surface area contributed by atoms with Crippen molar-refractivity contribution in [3.05, 3.63) is 36.5 Å². The number of ether oxygens (including phenoxy) is 6. The highest BCUT2D eigenvalue weighted by Crippen LogP contribution is 2.26. The molecule has 2 rings (SSSR count). The highest BCUT2D eigenvalue weighted by atomic mass is 16.7. The van der Waals surface area contributed by atoms with E-state index in [1.54, 1.807) is 0 Å². The summed E-state index contributed by atoms with van der Waals surface area (Å²) in [5.74, 6) is -0.394. The Morgan fingerprint density at radius 2 is 1.03 bits per heavy atom. The molecule has 11 atom stereocenters. The summed E-state index contributed by atoms with van der Waals surface area (Å²) < 4.78 is 34.2. The zero-order valence-corrected chi connectivity index (χ0v) is 38.1. The van der Waals surface area contributed by atoms with Gasteiger partial charge < -0.3 is 64.2 Å². The summed E-state index contributed by atoms with van der Waals surface area (Å²) in [6, 6.07) is 0. The molecule has 0 amide bonds. The summed E-state index contributed by atoms with van der Waals surface area (Å²) >= 11 is 0. The third kappa shape index (κ3) is 24.5. The normalized spacial score (nSPS) is 27.5. The van der Waals surface area contributed by atoms with E-state index in [2.05, 4.69) is 50.3 Å². The molecule has 0 aromatic heterocycles. The lowest BCUT2D eigenvalue weighted by molar-refractivity contribution is -0.332. The first kappa shape index (κ1) is 56.3. The van der Waals surface area contributed by atoms with Crippen LogP contribution in [-0.2, 0) is 33.2 Å². The molecule has 0 aromatic rings. The number of aliphatic hydroxyl groups is 7. The first-order chi connectivity index (χ1) is 30.1. The van der Waals surface area contributed by atoms with Crippen molar-refractivity contribution >= 4 is 5.97 Å². The van der Waals surface area contributed by atoms with Crippen molar-refractivity contribution in [3.8, 4) is 0 Å². The maximum absolute atomic E-state index is 12.9. The highest BCUT2D eigenvalue weighted by molar-refractivity contribution is 5.69. The summed E-state index contributed by atoms with van der Waals surface area (Å²) in [6.45, 7) is 3.57. The second kappa shape index (κ2) is 36.4. The summed E-state index contributed by atoms with van der Waals surface area (Å²) in [6.07, 6.45) is 22.1. The topological polar surface area (TPSA) is 214 Å². The van der Waals surface area contributed by atoms with E-state index in [9.17, 15) is 40.5 Å². The zero-order chi connectivity index (χ0) is 45.2. The number of allylic oxidation sites excluding steroid dienone is 6. The number of carbonyl (C=O) groups is 1. The SMILES string of the molecule is CCC/C=C\C/C=C\CCCCCCCC(=O)OC(COCCCCCCCC/C=C\CCCCCCC)COC1OC(COC2OC(CO)C(O)C(O)C2O)C(O)C(O)C1O. The minimum absolute atomic E-state index is 0.0518. The van der Waals surface area contributed by atoms with Gasteiger partial charge in [-0.3, -0.25) is 4.79 Å². The van der Waals surface area contributed by atoms with Gasteiger partial charge in [-0.15, -0.1) is 0 Å². The van der Waals surface area contributed by atoms with E-state index in [-0.39, 0.29) is 19.6 Å². The average molecular weight is 887 g/mol. The molecular weight excluding hydrogens is 801 g/mol. The van der Waals surface area contributed by atoms with Crippen molar-refractivity contribution < 1.29 is 69.0 Å². The Morgan fingerprint density at radius 1 is 0.532 bits per heavy atom. The van der Waals surface area contributed by atoms with Crippen molar-refractivity contribution in [3.63, 3.8) is 0 Å². The van der Waals surface area contributed by atoms with Crippen LogP contribution in [0.25, 0.3) is 0 Å². The molecule has 362 valence electrons. The molecule has 7 N–H and O–H groups in total. The highest BCUT2D eigenvalue weighted by Gasteiger charge is 2.47. The molecule has 0 aliphatic carbocycles. The number of carbonyl (C=O) groups excluding carboxylic acids is 1. The predicted octanol–water partition coefficient (Wildman–Crippen LogP) is 6.24. The van der Waals surface area contributed by atoms with Gasteiger partial charge in [0.15, 0.2) is 12.6 Å². The molecule has 11 unspecified atom stereocenters. The first-order valence-corrected chi connectivity index (χ1v) is 24.1. The van der Waals surface area contributed by atoms with E-state index in [1.165, 1.54) is 64.2 Å². The van der Waals surface area contributed by atoms with Gasteiger partial charge in [0.2, 0.25) is 0 Å². The van der Waals surface area contributed by atoms with Gasteiger partial charge >= 0.3 is 5.97 Å². The van der Waals surface area contributed by atoms with Gasteiger partial charge in [0.05, 0.1) is 26.4 Å². The monoisotopic (exact) mass is 887 g/mol. The van der Waals surface area contributed by atoms with Crippen LogP contribution >= 0.6 is 0 Å². The quantitative estimate of drug-likeness (QED) is 0.0209. The smallest absolute Gasteiger partial charge is 0.306 e. The van der Waals surface area contributed by atoms with Crippen LogP contribution in [0.5, 0.6) is 0 Å². The molecule has 2 fully saturated rings. The lowest BCUT2D eigenvalue weighted by Crippen LogP contribution is -2.61. The fourth-order valence-electron chi connectivity index (χ4n) is 7.37. The Hall–Kier alpha value is -1.79. The minimum Gasteiger partial charge on any atom is -0.457 e. The Morgan fingerprint density at radius 3 is 1.63 bits per heavy atom. The van der Waals surface area contributed by atoms with Crippen molar-refractivity contribution in [2.24, 2.45) is 0 Å². The molecule has 0 spiro atoms. The van der Waals surface area contributed by atoms with E-state index >= 15 is 0 Å². The average Bonchev–Trinajstić information content (AvgIpc) is 3.27. The van der Waals surface area contributed by atoms with E-state index in [0.717, 1.165) is 70.6 Å². The van der Waals surface area contributed by atoms with Crippen LogP contribution in [0.1, 0.15) is 162 Å². The lowest BCUT2D eigenvalue weighted by atomic mass is 9.98. The second-order valence-electron chi connectivity index (χ2n) is 16.9. The van der Waals surface area contributed by atoms with Crippen LogP contribution in [0.2, 0.25) is 0 Å². The van der Waals surface area contributed by atoms with Crippen LogP contribution in [0.4, 0.5) is 0 Å². The molecule has 0 aromatic carbocycles. The van der Waals surface area contributed by atoms with Gasteiger partial charge in [-0.25, -0.2) is 0 Å². The first-order valence-electron chi connectivity index (χ1n) is 24.1. The molecule has 2 aliphatic rings. The maximum atomic E-state index is 12.9. The number of hydrogen-bond donors (Lipinski definition) is 7. The van der Waals surface area contributed by atoms with Crippen molar-refractivity contribution in [2.45, 2.75) is 229 Å². The fraction of sp³-hybridized carbons (Fsp3) is 0.854. The third-order valence-electron chi connectivity index (χ3n) is 11.4. The Kier molecular flexibility index (Phi) is 33.1. The molecule has 0 radical (unpaired) electrons. The molecule has 14 nitrogen and oxygen atoms in total. The molecule has 0 saturated carbocycles. The molecule has 14 heteroatoms. The van der Waals surface area contributed by atoms with Gasteiger partial charge in [-0.2, -0.15) is 0 Å². The van der Waals surface area contributed by atoms with E-state index in [0.29, 0.717) is 13.0 Å². The molecule has 2 aliphatic heterocycles. The number of esters is 1. The molecule has 62 heavy (non-hydrogen) atoms. The van der Waals surface area contributed by atoms with Crippen LogP contribution in [0.3, 0.4) is 0 Å². The summed E-state index contributed by atoms with van der Waals surface area (Å²) in [7, 11) is 0. The van der Waals surface area contributed by atoms with Crippen LogP contribution in [0.15, 0.2) is 36.5 Å². The van der Waals surface area contributed by atoms with Gasteiger partial charge in [-0.1, -0.05) is 127 Å². The number of unbranched alkanes of at least 4 members (excludes halogenated alkanes) is 17. The Labute approximate surface area is 372 Å². The van der Waals surface area contributed by atoms with Gasteiger partial charge in [0.1, 0.15) is 54.9 Å². The number of hydrogen-bond acceptors (Lipinski definition) is 14. The van der Waals surface area contributed by atoms with Gasteiger partial charge in [0.25, 0.3) is 0 Å². The number of aliphatic hydroxyl groups excluding tert-OH is 7. The fourth-order valence-corrected chi connectivity index (χ4v) is 7.37. The summed E-state index contributed by atoms with van der Waals surface area (Å²) in [5, 5.41) is 72.0. The van der Waals surface area contributed by atoms with E-state index in [4.69, 9.17) is 28.4 Å². The Bertz CT molecular complexity index is 1170. The molecule has 2 saturated heterocycles. The second-order valence-corrected chi connectivity index (χ2v) is 16.9. The van der Waals surface area contributed by atoms with Crippen molar-refractivity contribution in [1.82, 2.24) is 0 Å². The van der Waals surface area contributed by atoms with E-state index in [1.807, 2.05) is 0 Å². The van der Waals surface area contributed by atoms with E-state index < -0.39 is 86.7 Å². The molecule has 0 bridgehead atoms. The number of rotatable bonds is 37. The van der Waals surface area contributed by atoms with Crippen LogP contribution in [0, 0.1) is 0 Å². The van der Waals surface area contributed by atoms with Crippen LogP contribution < -0.4 is 0 Å². The van der Waals surface area contributed by atoms with Crippen molar-refractivity contribution in [1.29, 1.82) is 0 Å². The lowest BCUT2D eigenvalue weighted by Gasteiger charge is -2.42.